The van der Waals surface area contributed by atoms with Gasteiger partial charge in [-0.05, 0) is 30.2 Å². The van der Waals surface area contributed by atoms with Crippen molar-refractivity contribution < 1.29 is 19.4 Å². The molecule has 0 aliphatic heterocycles. The summed E-state index contributed by atoms with van der Waals surface area (Å²) >= 11 is 0. The summed E-state index contributed by atoms with van der Waals surface area (Å²) in [6.07, 6.45) is 2.51. The lowest BCUT2D eigenvalue weighted by Crippen LogP contribution is -2.10. The van der Waals surface area contributed by atoms with Crippen LogP contribution in [0.2, 0.25) is 0 Å². The molecule has 1 N–H and O–H groups in total. The first-order valence-electron chi connectivity index (χ1n) is 11.1. The number of hydrogen-bond donors (Lipinski definition) is 1. The van der Waals surface area contributed by atoms with Crippen molar-refractivity contribution in [3.8, 4) is 11.1 Å². The molecule has 1 aliphatic rings. The lowest BCUT2D eigenvalue weighted by molar-refractivity contribution is -0.385. The third-order valence-corrected chi connectivity index (χ3v) is 5.60. The number of carbonyl (C=O) groups is 1. The van der Waals surface area contributed by atoms with Gasteiger partial charge in [-0.2, -0.15) is 5.10 Å². The average molecular weight is 474 g/mol. The van der Waals surface area contributed by atoms with E-state index >= 15 is 0 Å². The monoisotopic (exact) mass is 474 g/mol. The van der Waals surface area contributed by atoms with Crippen molar-refractivity contribution >= 4 is 28.7 Å². The number of unbranched alkanes of at least 4 members (excludes halogenated alkanes) is 2. The summed E-state index contributed by atoms with van der Waals surface area (Å²) in [7, 11) is 0. The van der Waals surface area contributed by atoms with Crippen molar-refractivity contribution in [3.05, 3.63) is 97.6 Å². The van der Waals surface area contributed by atoms with Crippen LogP contribution >= 0.6 is 0 Å². The zero-order valence-electron chi connectivity index (χ0n) is 18.9. The first-order valence-corrected chi connectivity index (χ1v) is 11.1. The van der Waals surface area contributed by atoms with E-state index in [0.29, 0.717) is 34.4 Å². The number of anilines is 1. The van der Waals surface area contributed by atoms with Crippen LogP contribution in [0.4, 0.5) is 17.1 Å². The Bertz CT molecular complexity index is 1340. The summed E-state index contributed by atoms with van der Waals surface area (Å²) in [6.45, 7) is 2.21. The van der Waals surface area contributed by atoms with Crippen LogP contribution in [0.25, 0.3) is 11.1 Å². The van der Waals surface area contributed by atoms with Gasteiger partial charge < -0.3 is 4.74 Å². The van der Waals surface area contributed by atoms with Gasteiger partial charge in [-0.25, -0.2) is 4.79 Å². The predicted octanol–water partition coefficient (Wildman–Crippen LogP) is 5.69. The maximum Gasteiger partial charge on any atom is 0.339 e. The van der Waals surface area contributed by atoms with Gasteiger partial charge in [0.15, 0.2) is 0 Å². The van der Waals surface area contributed by atoms with E-state index in [2.05, 4.69) is 10.5 Å². The van der Waals surface area contributed by atoms with Gasteiger partial charge in [-0.1, -0.05) is 38.0 Å². The number of nitro groups is 2. The van der Waals surface area contributed by atoms with Gasteiger partial charge in [0.1, 0.15) is 0 Å². The molecule has 3 aromatic rings. The normalized spacial score (nSPS) is 12.7. The lowest BCUT2D eigenvalue weighted by Gasteiger charge is -2.10. The number of hydrogen-bond acceptors (Lipinski definition) is 8. The van der Waals surface area contributed by atoms with Crippen molar-refractivity contribution in [2.75, 3.05) is 12.0 Å². The molecule has 0 saturated carbocycles. The average Bonchev–Trinajstić information content (AvgIpc) is 3.18. The van der Waals surface area contributed by atoms with Crippen molar-refractivity contribution in [2.24, 2.45) is 5.10 Å². The van der Waals surface area contributed by atoms with Crippen LogP contribution in [-0.4, -0.2) is 28.1 Å². The van der Waals surface area contributed by atoms with Crippen molar-refractivity contribution in [1.82, 2.24) is 0 Å². The van der Waals surface area contributed by atoms with E-state index in [1.54, 1.807) is 24.3 Å². The number of fused-ring (bicyclic) bond motifs is 3. The summed E-state index contributed by atoms with van der Waals surface area (Å²) < 4.78 is 5.41. The highest BCUT2D eigenvalue weighted by atomic mass is 16.6. The summed E-state index contributed by atoms with van der Waals surface area (Å²) in [5.74, 6) is -0.692. The minimum Gasteiger partial charge on any atom is -0.462 e. The molecule has 0 fully saturated rings. The SMILES string of the molecule is CCCCCOC(=O)c1cc([N+](=O)[O-])cc2c1-c1ccc([N+](=O)[O-])cc1/C2=N\Nc1ccccc1. The fourth-order valence-corrected chi connectivity index (χ4v) is 3.92. The van der Waals surface area contributed by atoms with Crippen molar-refractivity contribution in [3.63, 3.8) is 0 Å². The molecule has 4 rings (SSSR count). The molecule has 1 aliphatic carbocycles. The highest BCUT2D eigenvalue weighted by molar-refractivity contribution is 6.27. The number of nitro benzene ring substituents is 2. The van der Waals surface area contributed by atoms with Gasteiger partial charge in [-0.15, -0.1) is 0 Å². The maximum absolute atomic E-state index is 13.0. The Hall–Kier alpha value is -4.60. The third-order valence-electron chi connectivity index (χ3n) is 5.60. The van der Waals surface area contributed by atoms with Gasteiger partial charge in [0, 0.05) is 41.0 Å². The Morgan fingerprint density at radius 1 is 0.914 bits per heavy atom. The lowest BCUT2D eigenvalue weighted by atomic mass is 9.98. The Balaban J connectivity index is 1.87. The molecule has 3 aromatic carbocycles. The number of hydrazone groups is 1. The van der Waals surface area contributed by atoms with E-state index in [1.807, 2.05) is 13.0 Å². The van der Waals surface area contributed by atoms with Crippen LogP contribution in [-0.2, 0) is 4.74 Å². The molecule has 0 saturated heterocycles. The highest BCUT2D eigenvalue weighted by Crippen LogP contribution is 2.43. The molecule has 0 atom stereocenters. The number of benzene rings is 3. The topological polar surface area (TPSA) is 137 Å². The summed E-state index contributed by atoms with van der Waals surface area (Å²) in [6, 6.07) is 15.7. The van der Waals surface area contributed by atoms with E-state index in [-0.39, 0.29) is 29.3 Å². The Morgan fingerprint density at radius 3 is 2.31 bits per heavy atom. The molecule has 0 amide bonds. The quantitative estimate of drug-likeness (QED) is 0.142. The second-order valence-corrected chi connectivity index (χ2v) is 7.94. The molecule has 10 heteroatoms. The Morgan fingerprint density at radius 2 is 1.63 bits per heavy atom. The second-order valence-electron chi connectivity index (χ2n) is 7.94. The number of non-ortho nitro benzene ring substituents is 2. The van der Waals surface area contributed by atoms with Crippen LogP contribution in [0.3, 0.4) is 0 Å². The van der Waals surface area contributed by atoms with Gasteiger partial charge in [0.2, 0.25) is 0 Å². The van der Waals surface area contributed by atoms with Crippen molar-refractivity contribution in [2.45, 2.75) is 26.2 Å². The molecular formula is C25H22N4O6. The zero-order valence-corrected chi connectivity index (χ0v) is 18.9. The number of para-hydroxylation sites is 1. The molecule has 0 unspecified atom stereocenters. The van der Waals surface area contributed by atoms with E-state index in [1.165, 1.54) is 30.3 Å². The van der Waals surface area contributed by atoms with Crippen LogP contribution in [0.15, 0.2) is 65.8 Å². The molecule has 0 bridgehead atoms. The van der Waals surface area contributed by atoms with Crippen LogP contribution < -0.4 is 5.43 Å². The molecule has 178 valence electrons. The minimum absolute atomic E-state index is 0.0192. The standard InChI is InChI=1S/C25H22N4O6/c1-2-3-7-12-35-25(30)22-15-18(29(33)34)14-21-23(22)19-11-10-17(28(31)32)13-20(19)24(21)27-26-16-8-5-4-6-9-16/h4-6,8-11,13-15,26H,2-3,7,12H2,1H3/b27-24+. The number of esters is 1. The molecule has 10 nitrogen and oxygen atoms in total. The molecule has 35 heavy (non-hydrogen) atoms. The largest absolute Gasteiger partial charge is 0.462 e. The predicted molar refractivity (Wildman–Crippen MR) is 131 cm³/mol. The van der Waals surface area contributed by atoms with Gasteiger partial charge in [0.05, 0.1) is 33.4 Å². The second kappa shape index (κ2) is 10.1. The summed E-state index contributed by atoms with van der Waals surface area (Å²) in [4.78, 5) is 35.0. The Labute approximate surface area is 200 Å². The third kappa shape index (κ3) is 4.86. The van der Waals surface area contributed by atoms with Gasteiger partial charge in [0.25, 0.3) is 11.4 Å². The zero-order chi connectivity index (χ0) is 24.9. The van der Waals surface area contributed by atoms with E-state index in [0.717, 1.165) is 12.8 Å². The smallest absolute Gasteiger partial charge is 0.339 e. The van der Waals surface area contributed by atoms with Crippen LogP contribution in [0.5, 0.6) is 0 Å². The van der Waals surface area contributed by atoms with Crippen molar-refractivity contribution in [1.29, 1.82) is 0 Å². The highest BCUT2D eigenvalue weighted by Gasteiger charge is 2.34. The fraction of sp³-hybridized carbons (Fsp3) is 0.200. The molecular weight excluding hydrogens is 452 g/mol. The number of nitrogens with one attached hydrogen (secondary N) is 1. The number of carbonyl (C=O) groups excluding carboxylic acids is 1. The van der Waals surface area contributed by atoms with Crippen LogP contribution in [0, 0.1) is 20.2 Å². The van der Waals surface area contributed by atoms with E-state index < -0.39 is 15.8 Å². The molecule has 0 radical (unpaired) electrons. The number of rotatable bonds is 9. The van der Waals surface area contributed by atoms with E-state index in [9.17, 15) is 25.0 Å². The van der Waals surface area contributed by atoms with Gasteiger partial charge in [-0.3, -0.25) is 25.7 Å². The molecule has 0 spiro atoms. The maximum atomic E-state index is 13.0. The van der Waals surface area contributed by atoms with Crippen LogP contribution in [0.1, 0.15) is 47.7 Å². The minimum atomic E-state index is -0.692. The number of nitrogens with zero attached hydrogens (tertiary/aromatic N) is 3. The molecule has 0 aromatic heterocycles. The van der Waals surface area contributed by atoms with Gasteiger partial charge >= 0.3 is 5.97 Å². The number of ether oxygens (including phenoxy) is 1. The summed E-state index contributed by atoms with van der Waals surface area (Å²) in [5, 5.41) is 27.6. The Kier molecular flexibility index (Phi) is 6.81. The van der Waals surface area contributed by atoms with E-state index in [4.69, 9.17) is 4.74 Å². The fourth-order valence-electron chi connectivity index (χ4n) is 3.92. The summed E-state index contributed by atoms with van der Waals surface area (Å²) in [5.41, 5.74) is 4.96. The molecule has 0 heterocycles. The first-order chi connectivity index (χ1) is 16.9. The first kappa shape index (κ1) is 23.6.